The van der Waals surface area contributed by atoms with Crippen LogP contribution in [0.1, 0.15) is 36.0 Å². The number of carbonyl (C=O) groups is 1. The number of carbonyl (C=O) groups excluding carboxylic acids is 1. The number of nitrogens with zero attached hydrogens (tertiary/aromatic N) is 2. The van der Waals surface area contributed by atoms with Crippen molar-refractivity contribution in [2.45, 2.75) is 56.8 Å². The van der Waals surface area contributed by atoms with Gasteiger partial charge in [0.2, 0.25) is 0 Å². The summed E-state index contributed by atoms with van der Waals surface area (Å²) in [5.74, 6) is -1.26. The van der Waals surface area contributed by atoms with E-state index in [1.165, 1.54) is 12.1 Å². The molecule has 0 saturated carbocycles. The van der Waals surface area contributed by atoms with Crippen LogP contribution in [0.2, 0.25) is 6.82 Å². The second-order valence-electron chi connectivity index (χ2n) is 6.54. The normalized spacial score (nSPS) is 26.5. The first-order valence-corrected chi connectivity index (χ1v) is 8.05. The van der Waals surface area contributed by atoms with Crippen LogP contribution in [0.15, 0.2) is 18.3 Å². The Hall–Kier alpha value is -1.61. The first-order chi connectivity index (χ1) is 11.3. The van der Waals surface area contributed by atoms with Gasteiger partial charge in [0.1, 0.15) is 5.82 Å². The number of halogens is 3. The fourth-order valence-corrected chi connectivity index (χ4v) is 3.87. The monoisotopic (exact) mass is 341 g/mol. The highest BCUT2D eigenvalue weighted by Gasteiger charge is 2.42. The summed E-state index contributed by atoms with van der Waals surface area (Å²) in [4.78, 5) is 17.5. The maximum Gasteiger partial charge on any atom is 0.454 e. The minimum absolute atomic E-state index is 0.227. The molecule has 24 heavy (non-hydrogen) atoms. The van der Waals surface area contributed by atoms with E-state index in [-0.39, 0.29) is 18.1 Å². The Balaban J connectivity index is 1.73. The summed E-state index contributed by atoms with van der Waals surface area (Å²) in [5.41, 5.74) is -0.441. The Bertz CT molecular complexity index is 595. The van der Waals surface area contributed by atoms with Gasteiger partial charge in [-0.3, -0.25) is 4.79 Å². The third kappa shape index (κ3) is 3.42. The number of hydrogen-bond acceptors (Lipinski definition) is 5. The maximum absolute atomic E-state index is 12.5. The van der Waals surface area contributed by atoms with E-state index in [1.54, 1.807) is 6.82 Å². The van der Waals surface area contributed by atoms with E-state index < -0.39 is 24.6 Å². The van der Waals surface area contributed by atoms with Crippen LogP contribution in [0.5, 0.6) is 0 Å². The number of ketones is 1. The lowest BCUT2D eigenvalue weighted by Crippen LogP contribution is -2.52. The van der Waals surface area contributed by atoms with E-state index in [2.05, 4.69) is 15.1 Å². The number of anilines is 1. The van der Waals surface area contributed by atoms with E-state index >= 15 is 0 Å². The molecule has 9 heteroatoms. The molecule has 0 aliphatic carbocycles. The van der Waals surface area contributed by atoms with Crippen molar-refractivity contribution < 1.29 is 23.0 Å². The SMILES string of the molecule is CB(O)NC1CC2CCC(C1)N2c1ccc(C(=O)C(F)(F)F)cn1. The lowest BCUT2D eigenvalue weighted by Gasteiger charge is -2.40. The van der Waals surface area contributed by atoms with Crippen molar-refractivity contribution >= 4 is 18.7 Å². The second kappa shape index (κ2) is 6.36. The smallest absolute Gasteiger partial charge is 0.437 e. The van der Waals surface area contributed by atoms with Crippen LogP contribution in [0, 0.1) is 0 Å². The molecule has 0 spiro atoms. The zero-order chi connectivity index (χ0) is 17.5. The van der Waals surface area contributed by atoms with Crippen LogP contribution in [0.25, 0.3) is 0 Å². The molecule has 0 aromatic carbocycles. The summed E-state index contributed by atoms with van der Waals surface area (Å²) in [6.07, 6.45) is -0.183. The topological polar surface area (TPSA) is 65.5 Å². The van der Waals surface area contributed by atoms with Crippen LogP contribution >= 0.6 is 0 Å². The summed E-state index contributed by atoms with van der Waals surface area (Å²) >= 11 is 0. The Morgan fingerprint density at radius 2 is 1.96 bits per heavy atom. The summed E-state index contributed by atoms with van der Waals surface area (Å²) in [7, 11) is -0.563. The standard InChI is InChI=1S/C15H19BF3N3O2/c1-16(24)21-10-6-11-3-4-12(7-10)22(11)13-5-2-9(8-20-13)14(23)15(17,18)19/h2,5,8,10-12,21,24H,3-4,6-7H2,1H3. The first kappa shape index (κ1) is 17.2. The van der Waals surface area contributed by atoms with Gasteiger partial charge >= 0.3 is 13.2 Å². The number of fused-ring (bicyclic) bond motifs is 2. The van der Waals surface area contributed by atoms with Gasteiger partial charge in [0.05, 0.1) is 0 Å². The molecule has 0 radical (unpaired) electrons. The largest absolute Gasteiger partial charge is 0.454 e. The van der Waals surface area contributed by atoms with Crippen molar-refractivity contribution in [2.24, 2.45) is 0 Å². The zero-order valence-corrected chi connectivity index (χ0v) is 13.3. The van der Waals surface area contributed by atoms with Crippen molar-refractivity contribution in [1.29, 1.82) is 0 Å². The van der Waals surface area contributed by atoms with Gasteiger partial charge in [-0.25, -0.2) is 4.98 Å². The fraction of sp³-hybridized carbons (Fsp3) is 0.600. The molecule has 2 aliphatic rings. The average molecular weight is 341 g/mol. The van der Waals surface area contributed by atoms with Crippen molar-refractivity contribution in [3.8, 4) is 0 Å². The van der Waals surface area contributed by atoms with Gasteiger partial charge in [-0.15, -0.1) is 0 Å². The van der Waals surface area contributed by atoms with Crippen LogP contribution in [-0.4, -0.2) is 47.1 Å². The van der Waals surface area contributed by atoms with E-state index in [9.17, 15) is 23.0 Å². The Labute approximate surface area is 138 Å². The summed E-state index contributed by atoms with van der Waals surface area (Å²) in [6, 6.07) is 3.41. The van der Waals surface area contributed by atoms with Crippen molar-refractivity contribution in [2.75, 3.05) is 4.90 Å². The Kier molecular flexibility index (Phi) is 4.57. The lowest BCUT2D eigenvalue weighted by molar-refractivity contribution is -0.0885. The average Bonchev–Trinajstić information content (AvgIpc) is 2.76. The van der Waals surface area contributed by atoms with E-state index in [0.29, 0.717) is 5.82 Å². The highest BCUT2D eigenvalue weighted by atomic mass is 19.4. The van der Waals surface area contributed by atoms with E-state index in [4.69, 9.17) is 0 Å². The van der Waals surface area contributed by atoms with E-state index in [0.717, 1.165) is 31.9 Å². The van der Waals surface area contributed by atoms with Gasteiger partial charge in [-0.2, -0.15) is 13.2 Å². The second-order valence-corrected chi connectivity index (χ2v) is 6.54. The quantitative estimate of drug-likeness (QED) is 0.648. The van der Waals surface area contributed by atoms with E-state index in [1.807, 2.05) is 0 Å². The van der Waals surface area contributed by atoms with Crippen molar-refractivity contribution in [3.05, 3.63) is 23.9 Å². The van der Waals surface area contributed by atoms with Crippen LogP contribution in [-0.2, 0) is 0 Å². The van der Waals surface area contributed by atoms with Gasteiger partial charge in [-0.1, -0.05) is 0 Å². The number of aromatic nitrogens is 1. The zero-order valence-electron chi connectivity index (χ0n) is 13.3. The third-order valence-electron chi connectivity index (χ3n) is 4.74. The minimum Gasteiger partial charge on any atom is -0.437 e. The highest BCUT2D eigenvalue weighted by Crippen LogP contribution is 2.38. The van der Waals surface area contributed by atoms with Crippen LogP contribution in [0.4, 0.5) is 19.0 Å². The van der Waals surface area contributed by atoms with Gasteiger partial charge < -0.3 is 15.2 Å². The molecule has 3 heterocycles. The number of pyridine rings is 1. The molecule has 2 N–H and O–H groups in total. The fourth-order valence-electron chi connectivity index (χ4n) is 3.87. The minimum atomic E-state index is -4.88. The highest BCUT2D eigenvalue weighted by molar-refractivity contribution is 6.45. The van der Waals surface area contributed by atoms with Gasteiger partial charge in [0.15, 0.2) is 0 Å². The summed E-state index contributed by atoms with van der Waals surface area (Å²) in [5, 5.41) is 12.6. The molecule has 1 aromatic rings. The van der Waals surface area contributed by atoms with Gasteiger partial charge in [0, 0.05) is 29.9 Å². The number of nitrogens with one attached hydrogen (secondary N) is 1. The molecule has 2 unspecified atom stereocenters. The predicted octanol–water partition coefficient (Wildman–Crippen LogP) is 2.03. The Morgan fingerprint density at radius 1 is 1.33 bits per heavy atom. The molecule has 1 aromatic heterocycles. The molecule has 5 nitrogen and oxygen atoms in total. The third-order valence-corrected chi connectivity index (χ3v) is 4.74. The Morgan fingerprint density at radius 3 is 2.42 bits per heavy atom. The molecule has 130 valence electrons. The maximum atomic E-state index is 12.5. The molecule has 2 saturated heterocycles. The molecular formula is C15H19BF3N3O2. The first-order valence-electron chi connectivity index (χ1n) is 8.05. The lowest BCUT2D eigenvalue weighted by atomic mass is 9.84. The number of Topliss-reactive ketones (excluding diaryl/α,β-unsaturated/α-hetero) is 1. The predicted molar refractivity (Wildman–Crippen MR) is 83.9 cm³/mol. The number of piperidine rings is 1. The summed E-state index contributed by atoms with van der Waals surface area (Å²) in [6.45, 7) is 1.69. The molecule has 2 bridgehead atoms. The van der Waals surface area contributed by atoms with Crippen molar-refractivity contribution in [3.63, 3.8) is 0 Å². The molecule has 0 amide bonds. The van der Waals surface area contributed by atoms with Crippen LogP contribution < -0.4 is 10.1 Å². The van der Waals surface area contributed by atoms with Gasteiger partial charge in [0.25, 0.3) is 5.78 Å². The molecular weight excluding hydrogens is 322 g/mol. The number of hydrogen-bond donors (Lipinski definition) is 2. The number of rotatable bonds is 4. The number of alkyl halides is 3. The van der Waals surface area contributed by atoms with Crippen molar-refractivity contribution in [1.82, 2.24) is 10.2 Å². The molecule has 3 rings (SSSR count). The molecule has 2 atom stereocenters. The molecule has 2 aliphatic heterocycles. The summed E-state index contributed by atoms with van der Waals surface area (Å²) < 4.78 is 37.4. The van der Waals surface area contributed by atoms with Crippen LogP contribution in [0.3, 0.4) is 0 Å². The molecule has 2 fully saturated rings. The van der Waals surface area contributed by atoms with Gasteiger partial charge in [-0.05, 0) is 44.6 Å².